The zero-order valence-corrected chi connectivity index (χ0v) is 19.3. The third-order valence-electron chi connectivity index (χ3n) is 5.86. The number of hydrogen-bond donors (Lipinski definition) is 2. The number of hydrogen-bond acceptors (Lipinski definition) is 7. The Morgan fingerprint density at radius 1 is 1.23 bits per heavy atom. The number of aromatic nitrogens is 3. The van der Waals surface area contributed by atoms with E-state index in [1.807, 2.05) is 32.1 Å². The van der Waals surface area contributed by atoms with Gasteiger partial charge in [0, 0.05) is 58.4 Å². The highest BCUT2D eigenvalue weighted by Gasteiger charge is 2.24. The topological polar surface area (TPSA) is 98.5 Å². The molecule has 31 heavy (non-hydrogen) atoms. The first-order valence-electron chi connectivity index (χ1n) is 10.5. The van der Waals surface area contributed by atoms with Crippen molar-refractivity contribution in [1.29, 1.82) is 0 Å². The molecule has 1 saturated heterocycles. The van der Waals surface area contributed by atoms with Gasteiger partial charge in [-0.3, -0.25) is 4.98 Å². The smallest absolute Gasteiger partial charge is 0.139 e. The molecule has 0 spiro atoms. The highest BCUT2D eigenvalue weighted by atomic mass is 35.5. The number of nitrogens with zero attached hydrogens (tertiary/aromatic N) is 5. The lowest BCUT2D eigenvalue weighted by Crippen LogP contribution is -2.26. The zero-order chi connectivity index (χ0) is 22.3. The van der Waals surface area contributed by atoms with Gasteiger partial charge in [0.05, 0.1) is 38.9 Å². The standard InChI is InChI=1S/C22H30ClN7O/c1-13(24)20(29(4)25)15-9-17-19(26-10-15)18-21(16(23)11-27-22(18)28(2)3)30(17)12-14-5-7-31-8-6-14/h9-11,14H,5-8,12,24-25H2,1-4H3/b20-13-. The first-order valence-corrected chi connectivity index (χ1v) is 10.8. The lowest BCUT2D eigenvalue weighted by molar-refractivity contribution is 0.0620. The van der Waals surface area contributed by atoms with Gasteiger partial charge in [0.1, 0.15) is 5.82 Å². The maximum absolute atomic E-state index is 6.72. The summed E-state index contributed by atoms with van der Waals surface area (Å²) in [6.07, 6.45) is 5.59. The van der Waals surface area contributed by atoms with Crippen molar-refractivity contribution < 1.29 is 4.74 Å². The Kier molecular flexibility index (Phi) is 5.96. The molecule has 1 fully saturated rings. The van der Waals surface area contributed by atoms with Gasteiger partial charge in [-0.25, -0.2) is 10.8 Å². The van der Waals surface area contributed by atoms with Gasteiger partial charge in [-0.05, 0) is 31.7 Å². The third kappa shape index (κ3) is 3.91. The number of rotatable bonds is 5. The zero-order valence-electron chi connectivity index (χ0n) is 18.5. The molecule has 0 bridgehead atoms. The van der Waals surface area contributed by atoms with E-state index in [1.54, 1.807) is 13.2 Å². The number of anilines is 1. The molecule has 1 aliphatic rings. The van der Waals surface area contributed by atoms with Gasteiger partial charge in [-0.15, -0.1) is 0 Å². The van der Waals surface area contributed by atoms with E-state index < -0.39 is 0 Å². The summed E-state index contributed by atoms with van der Waals surface area (Å²) < 4.78 is 7.85. The molecule has 0 atom stereocenters. The van der Waals surface area contributed by atoms with Crippen LogP contribution in [0.5, 0.6) is 0 Å². The van der Waals surface area contributed by atoms with Crippen LogP contribution in [0, 0.1) is 5.92 Å². The number of fused-ring (bicyclic) bond motifs is 3. The van der Waals surface area contributed by atoms with Gasteiger partial charge in [-0.1, -0.05) is 11.6 Å². The molecular formula is C22H30ClN7O. The molecule has 0 unspecified atom stereocenters. The summed E-state index contributed by atoms with van der Waals surface area (Å²) >= 11 is 6.72. The third-order valence-corrected chi connectivity index (χ3v) is 6.13. The summed E-state index contributed by atoms with van der Waals surface area (Å²) in [5, 5.41) is 3.11. The van der Waals surface area contributed by atoms with Crippen molar-refractivity contribution >= 4 is 45.1 Å². The van der Waals surface area contributed by atoms with Gasteiger partial charge in [0.25, 0.3) is 0 Å². The number of allylic oxidation sites excluding steroid dienone is 1. The molecule has 4 N–H and O–H groups in total. The second kappa shape index (κ2) is 8.53. The van der Waals surface area contributed by atoms with Crippen LogP contribution in [0.3, 0.4) is 0 Å². The van der Waals surface area contributed by atoms with Crippen LogP contribution in [-0.2, 0) is 11.3 Å². The lowest BCUT2D eigenvalue weighted by Gasteiger charge is -2.24. The van der Waals surface area contributed by atoms with E-state index in [0.29, 0.717) is 16.6 Å². The Hall–Kier alpha value is -2.55. The Morgan fingerprint density at radius 3 is 2.55 bits per heavy atom. The van der Waals surface area contributed by atoms with Crippen LogP contribution in [0.25, 0.3) is 27.6 Å². The number of ether oxygens (including phenoxy) is 1. The molecule has 0 aliphatic carbocycles. The predicted molar refractivity (Wildman–Crippen MR) is 127 cm³/mol. The summed E-state index contributed by atoms with van der Waals surface area (Å²) in [7, 11) is 5.74. The van der Waals surface area contributed by atoms with E-state index in [-0.39, 0.29) is 0 Å². The van der Waals surface area contributed by atoms with Crippen molar-refractivity contribution in [3.63, 3.8) is 0 Å². The molecule has 0 saturated carbocycles. The average Bonchev–Trinajstić information content (AvgIpc) is 3.03. The van der Waals surface area contributed by atoms with E-state index in [1.165, 1.54) is 5.01 Å². The molecule has 166 valence electrons. The van der Waals surface area contributed by atoms with Gasteiger partial charge in [0.2, 0.25) is 0 Å². The fourth-order valence-electron chi connectivity index (χ4n) is 4.48. The van der Waals surface area contributed by atoms with Crippen LogP contribution in [-0.4, -0.2) is 53.9 Å². The fourth-order valence-corrected chi connectivity index (χ4v) is 4.72. The maximum atomic E-state index is 6.72. The number of halogens is 1. The van der Waals surface area contributed by atoms with Crippen molar-refractivity contribution in [2.45, 2.75) is 26.3 Å². The largest absolute Gasteiger partial charge is 0.401 e. The summed E-state index contributed by atoms with van der Waals surface area (Å²) in [5.74, 6) is 7.42. The second-order valence-corrected chi connectivity index (χ2v) is 8.86. The summed E-state index contributed by atoms with van der Waals surface area (Å²) in [4.78, 5) is 11.4. The SMILES string of the molecule is C/C(N)=C(\c1cnc2c3c(N(C)C)ncc(Cl)c3n(CC3CCOCC3)c2c1)N(C)N. The molecule has 9 heteroatoms. The average molecular weight is 444 g/mol. The Morgan fingerprint density at radius 2 is 1.94 bits per heavy atom. The van der Waals surface area contributed by atoms with E-state index in [2.05, 4.69) is 15.6 Å². The van der Waals surface area contributed by atoms with E-state index >= 15 is 0 Å². The van der Waals surface area contributed by atoms with Gasteiger partial charge >= 0.3 is 0 Å². The van der Waals surface area contributed by atoms with E-state index in [0.717, 1.165) is 71.6 Å². The minimum Gasteiger partial charge on any atom is -0.401 e. The predicted octanol–water partition coefficient (Wildman–Crippen LogP) is 3.18. The van der Waals surface area contributed by atoms with Crippen molar-refractivity contribution in [1.82, 2.24) is 19.5 Å². The van der Waals surface area contributed by atoms with Gasteiger partial charge < -0.3 is 24.9 Å². The van der Waals surface area contributed by atoms with Crippen LogP contribution < -0.4 is 16.5 Å². The molecule has 4 rings (SSSR count). The molecular weight excluding hydrogens is 414 g/mol. The van der Waals surface area contributed by atoms with Crippen LogP contribution in [0.15, 0.2) is 24.2 Å². The number of hydrazine groups is 1. The summed E-state index contributed by atoms with van der Waals surface area (Å²) in [5.41, 5.74) is 11.2. The van der Waals surface area contributed by atoms with E-state index in [4.69, 9.17) is 32.9 Å². The Labute approximate surface area is 187 Å². The van der Waals surface area contributed by atoms with E-state index in [9.17, 15) is 0 Å². The molecule has 4 heterocycles. The van der Waals surface area contributed by atoms with Crippen molar-refractivity contribution in [3.05, 3.63) is 34.7 Å². The quantitative estimate of drug-likeness (QED) is 0.461. The number of pyridine rings is 2. The van der Waals surface area contributed by atoms with Gasteiger partial charge in [0.15, 0.2) is 0 Å². The van der Waals surface area contributed by atoms with Gasteiger partial charge in [-0.2, -0.15) is 0 Å². The highest BCUT2D eigenvalue weighted by Crippen LogP contribution is 2.39. The monoisotopic (exact) mass is 443 g/mol. The molecule has 3 aromatic heterocycles. The fraction of sp³-hybridized carbons (Fsp3) is 0.455. The molecule has 8 nitrogen and oxygen atoms in total. The number of nitrogens with two attached hydrogens (primary N) is 2. The molecule has 0 amide bonds. The lowest BCUT2D eigenvalue weighted by atomic mass is 10.0. The van der Waals surface area contributed by atoms with Crippen LogP contribution in [0.4, 0.5) is 5.82 Å². The van der Waals surface area contributed by atoms with Crippen molar-refractivity contribution in [2.75, 3.05) is 39.3 Å². The minimum atomic E-state index is 0.506. The first kappa shape index (κ1) is 21.7. The minimum absolute atomic E-state index is 0.506. The summed E-state index contributed by atoms with van der Waals surface area (Å²) in [6, 6.07) is 2.10. The Balaban J connectivity index is 2.02. The highest BCUT2D eigenvalue weighted by molar-refractivity contribution is 6.36. The molecule has 0 aromatic carbocycles. The summed E-state index contributed by atoms with van der Waals surface area (Å²) in [6.45, 7) is 4.26. The maximum Gasteiger partial charge on any atom is 0.139 e. The normalized spacial score (nSPS) is 16.1. The Bertz CT molecular complexity index is 1140. The van der Waals surface area contributed by atoms with Crippen molar-refractivity contribution in [3.8, 4) is 0 Å². The molecule has 1 aliphatic heterocycles. The molecule has 3 aromatic rings. The van der Waals surface area contributed by atoms with Crippen LogP contribution >= 0.6 is 11.6 Å². The second-order valence-electron chi connectivity index (χ2n) is 8.45. The molecule has 0 radical (unpaired) electrons. The van der Waals surface area contributed by atoms with Crippen LogP contribution in [0.1, 0.15) is 25.3 Å². The van der Waals surface area contributed by atoms with Crippen molar-refractivity contribution in [2.24, 2.45) is 17.5 Å². The first-order chi connectivity index (χ1) is 14.8. The van der Waals surface area contributed by atoms with Crippen LogP contribution in [0.2, 0.25) is 5.02 Å².